The number of rotatable bonds is 3. The number of hydrogen-bond acceptors (Lipinski definition) is 5. The standard InChI is InChI=1S/C4H7N3O4S/c1-7-5-2-4(6-7)3-11-12(8,9)10/h2H,3H2,1H3,(H,8,9,10). The molecule has 7 nitrogen and oxygen atoms in total. The quantitative estimate of drug-likeness (QED) is 0.627. The van der Waals surface area contributed by atoms with Gasteiger partial charge in [0.1, 0.15) is 12.3 Å². The molecule has 0 fully saturated rings. The number of hydrogen-bond donors (Lipinski definition) is 1. The summed E-state index contributed by atoms with van der Waals surface area (Å²) in [6, 6.07) is 0. The van der Waals surface area contributed by atoms with Gasteiger partial charge in [-0.2, -0.15) is 23.4 Å². The van der Waals surface area contributed by atoms with Crippen LogP contribution in [0.5, 0.6) is 0 Å². The first-order chi connectivity index (χ1) is 5.47. The van der Waals surface area contributed by atoms with Crippen molar-refractivity contribution in [1.29, 1.82) is 0 Å². The molecule has 0 atom stereocenters. The second kappa shape index (κ2) is 3.17. The second-order valence-electron chi connectivity index (χ2n) is 2.02. The van der Waals surface area contributed by atoms with Gasteiger partial charge in [-0.15, -0.1) is 0 Å². The van der Waals surface area contributed by atoms with Crippen molar-refractivity contribution in [1.82, 2.24) is 15.0 Å². The Balaban J connectivity index is 2.55. The fourth-order valence-corrected chi connectivity index (χ4v) is 0.858. The van der Waals surface area contributed by atoms with Crippen LogP contribution in [0, 0.1) is 0 Å². The molecule has 8 heteroatoms. The van der Waals surface area contributed by atoms with Crippen LogP contribution in [0.15, 0.2) is 6.20 Å². The normalized spacial score (nSPS) is 11.8. The second-order valence-corrected chi connectivity index (χ2v) is 3.11. The van der Waals surface area contributed by atoms with Crippen LogP contribution in [0.4, 0.5) is 0 Å². The SMILES string of the molecule is Cn1ncc(COS(=O)(=O)O)n1. The van der Waals surface area contributed by atoms with Crippen molar-refractivity contribution in [3.05, 3.63) is 11.9 Å². The average molecular weight is 193 g/mol. The third-order valence-corrected chi connectivity index (χ3v) is 1.42. The zero-order valence-corrected chi connectivity index (χ0v) is 7.02. The van der Waals surface area contributed by atoms with Gasteiger partial charge in [-0.25, -0.2) is 4.18 Å². The van der Waals surface area contributed by atoms with E-state index in [0.717, 1.165) is 0 Å². The van der Waals surface area contributed by atoms with E-state index in [9.17, 15) is 8.42 Å². The van der Waals surface area contributed by atoms with Crippen LogP contribution in [0.25, 0.3) is 0 Å². The Morgan fingerprint density at radius 1 is 1.75 bits per heavy atom. The first-order valence-electron chi connectivity index (χ1n) is 2.94. The van der Waals surface area contributed by atoms with E-state index in [1.54, 1.807) is 7.05 Å². The molecule has 1 heterocycles. The molecule has 0 amide bonds. The Morgan fingerprint density at radius 2 is 2.42 bits per heavy atom. The molecule has 12 heavy (non-hydrogen) atoms. The summed E-state index contributed by atoms with van der Waals surface area (Å²) in [6.07, 6.45) is 1.34. The van der Waals surface area contributed by atoms with Gasteiger partial charge in [0.05, 0.1) is 6.20 Å². The molecule has 1 rings (SSSR count). The minimum atomic E-state index is -4.39. The summed E-state index contributed by atoms with van der Waals surface area (Å²) in [5, 5.41) is 7.39. The average Bonchev–Trinajstić information content (AvgIpc) is 2.30. The molecule has 0 spiro atoms. The van der Waals surface area contributed by atoms with Gasteiger partial charge in [0.25, 0.3) is 0 Å². The molecule has 0 radical (unpaired) electrons. The first-order valence-corrected chi connectivity index (χ1v) is 4.31. The fraction of sp³-hybridized carbons (Fsp3) is 0.500. The molecular weight excluding hydrogens is 186 g/mol. The van der Waals surface area contributed by atoms with E-state index in [2.05, 4.69) is 14.4 Å². The van der Waals surface area contributed by atoms with Crippen molar-refractivity contribution in [2.75, 3.05) is 0 Å². The Morgan fingerprint density at radius 3 is 2.83 bits per heavy atom. The monoisotopic (exact) mass is 193 g/mol. The lowest BCUT2D eigenvalue weighted by atomic mass is 10.5. The van der Waals surface area contributed by atoms with Gasteiger partial charge in [0, 0.05) is 7.05 Å². The molecule has 0 saturated carbocycles. The van der Waals surface area contributed by atoms with E-state index in [1.807, 2.05) is 0 Å². The molecule has 0 aromatic carbocycles. The summed E-state index contributed by atoms with van der Waals surface area (Å²) in [4.78, 5) is 1.25. The van der Waals surface area contributed by atoms with Gasteiger partial charge in [-0.05, 0) is 0 Å². The van der Waals surface area contributed by atoms with Gasteiger partial charge in [0.2, 0.25) is 0 Å². The van der Waals surface area contributed by atoms with Crippen molar-refractivity contribution >= 4 is 10.4 Å². The van der Waals surface area contributed by atoms with Gasteiger partial charge >= 0.3 is 10.4 Å². The maximum absolute atomic E-state index is 10.1. The Kier molecular flexibility index (Phi) is 2.40. The lowest BCUT2D eigenvalue weighted by Gasteiger charge is -1.93. The van der Waals surface area contributed by atoms with Crippen molar-refractivity contribution in [3.63, 3.8) is 0 Å². The lowest BCUT2D eigenvalue weighted by Crippen LogP contribution is -2.04. The van der Waals surface area contributed by atoms with E-state index >= 15 is 0 Å². The zero-order chi connectivity index (χ0) is 9.19. The fourth-order valence-electron chi connectivity index (χ4n) is 0.589. The van der Waals surface area contributed by atoms with E-state index in [4.69, 9.17) is 4.55 Å². The van der Waals surface area contributed by atoms with E-state index < -0.39 is 10.4 Å². The molecule has 0 bridgehead atoms. The van der Waals surface area contributed by atoms with Crippen molar-refractivity contribution < 1.29 is 17.2 Å². The number of nitrogens with zero attached hydrogens (tertiary/aromatic N) is 3. The van der Waals surface area contributed by atoms with E-state index in [0.29, 0.717) is 5.69 Å². The summed E-state index contributed by atoms with van der Waals surface area (Å²) in [5.74, 6) is 0. The van der Waals surface area contributed by atoms with Crippen LogP contribution in [0.1, 0.15) is 5.69 Å². The summed E-state index contributed by atoms with van der Waals surface area (Å²) < 4.78 is 32.4. The van der Waals surface area contributed by atoms with Crippen LogP contribution in [-0.4, -0.2) is 28.0 Å². The third kappa shape index (κ3) is 2.95. The lowest BCUT2D eigenvalue weighted by molar-refractivity contribution is 0.255. The summed E-state index contributed by atoms with van der Waals surface area (Å²) in [5.41, 5.74) is 0.329. The van der Waals surface area contributed by atoms with Crippen LogP contribution >= 0.6 is 0 Å². The maximum atomic E-state index is 10.1. The summed E-state index contributed by atoms with van der Waals surface area (Å²) in [7, 11) is -2.81. The molecule has 0 saturated heterocycles. The smallest absolute Gasteiger partial charge is 0.264 e. The van der Waals surface area contributed by atoms with Gasteiger partial charge < -0.3 is 0 Å². The number of aryl methyl sites for hydroxylation is 1. The van der Waals surface area contributed by atoms with Gasteiger partial charge in [0.15, 0.2) is 0 Å². The molecular formula is C4H7N3O4S. The van der Waals surface area contributed by atoms with Crippen LogP contribution in [0.2, 0.25) is 0 Å². The number of aromatic nitrogens is 3. The van der Waals surface area contributed by atoms with Crippen LogP contribution < -0.4 is 0 Å². The Labute approximate surface area is 68.9 Å². The first kappa shape index (κ1) is 9.10. The topological polar surface area (TPSA) is 94.3 Å². The highest BCUT2D eigenvalue weighted by molar-refractivity contribution is 7.80. The van der Waals surface area contributed by atoms with Gasteiger partial charge in [-0.1, -0.05) is 0 Å². The third-order valence-electron chi connectivity index (χ3n) is 1.00. The predicted octanol–water partition coefficient (Wildman–Crippen LogP) is -0.865. The summed E-state index contributed by atoms with van der Waals surface area (Å²) >= 11 is 0. The van der Waals surface area contributed by atoms with E-state index in [1.165, 1.54) is 11.0 Å². The van der Waals surface area contributed by atoms with Crippen molar-refractivity contribution in [2.24, 2.45) is 7.05 Å². The molecule has 1 aromatic rings. The largest absolute Gasteiger partial charge is 0.397 e. The Hall–Kier alpha value is -0.990. The molecule has 0 aliphatic rings. The van der Waals surface area contributed by atoms with Gasteiger partial charge in [-0.3, -0.25) is 4.55 Å². The minimum Gasteiger partial charge on any atom is -0.264 e. The summed E-state index contributed by atoms with van der Waals surface area (Å²) in [6.45, 7) is -0.313. The Bertz CT molecular complexity index is 356. The minimum absolute atomic E-state index is 0.313. The molecule has 68 valence electrons. The predicted molar refractivity (Wildman–Crippen MR) is 37.3 cm³/mol. The highest BCUT2D eigenvalue weighted by Crippen LogP contribution is 1.96. The van der Waals surface area contributed by atoms with E-state index in [-0.39, 0.29) is 6.61 Å². The van der Waals surface area contributed by atoms with Crippen molar-refractivity contribution in [3.8, 4) is 0 Å². The zero-order valence-electron chi connectivity index (χ0n) is 6.21. The van der Waals surface area contributed by atoms with Crippen LogP contribution in [0.3, 0.4) is 0 Å². The van der Waals surface area contributed by atoms with Crippen molar-refractivity contribution in [2.45, 2.75) is 6.61 Å². The molecule has 0 unspecified atom stereocenters. The molecule has 1 aromatic heterocycles. The molecule has 1 N–H and O–H groups in total. The highest BCUT2D eigenvalue weighted by atomic mass is 32.3. The molecule has 0 aliphatic heterocycles. The maximum Gasteiger partial charge on any atom is 0.397 e. The van der Waals surface area contributed by atoms with Crippen LogP contribution in [-0.2, 0) is 28.2 Å². The molecule has 0 aliphatic carbocycles. The highest BCUT2D eigenvalue weighted by Gasteiger charge is 2.06.